The SMILES string of the molecule is Nc1nc2c(ncn2[C@@H]2O[C@@H]3COP(=O)(O)N[C@@H]4C(O)[C@H](n5cnc6c(N)ncnc65)O[C@@H]4COP(O)(=S)N[C@@H]3C2O)c(=O)[nH]1. The summed E-state index contributed by atoms with van der Waals surface area (Å²) in [6, 6.07) is -2.51. The third kappa shape index (κ3) is 5.44. The number of hydrogen-bond acceptors (Lipinski definition) is 16. The summed E-state index contributed by atoms with van der Waals surface area (Å²) in [5.41, 5.74) is 11.3. The van der Waals surface area contributed by atoms with Crippen molar-refractivity contribution in [2.75, 3.05) is 24.7 Å². The number of nitrogens with zero attached hydrogens (tertiary/aromatic N) is 7. The average molecular weight is 689 g/mol. The lowest BCUT2D eigenvalue weighted by molar-refractivity contribution is -0.0478. The van der Waals surface area contributed by atoms with E-state index in [0.29, 0.717) is 0 Å². The van der Waals surface area contributed by atoms with Gasteiger partial charge in [-0.1, -0.05) is 0 Å². The van der Waals surface area contributed by atoms with Crippen molar-refractivity contribution in [2.45, 2.75) is 49.0 Å². The Kier molecular flexibility index (Phi) is 7.52. The largest absolute Gasteiger partial charge is 0.403 e. The molecule has 242 valence electrons. The van der Waals surface area contributed by atoms with Gasteiger partial charge in [0.05, 0.1) is 38.0 Å². The summed E-state index contributed by atoms with van der Waals surface area (Å²) in [7, 11) is -4.72. The molecule has 4 aromatic rings. The van der Waals surface area contributed by atoms with Gasteiger partial charge in [0, 0.05) is 0 Å². The number of aromatic nitrogens is 8. The zero-order valence-electron chi connectivity index (χ0n) is 22.6. The predicted molar refractivity (Wildman–Crippen MR) is 154 cm³/mol. The number of hydrogen-bond donors (Lipinski definition) is 9. The molecule has 0 aliphatic carbocycles. The molecule has 7 rings (SSSR count). The van der Waals surface area contributed by atoms with Gasteiger partial charge in [0.2, 0.25) is 5.95 Å². The van der Waals surface area contributed by atoms with Crippen molar-refractivity contribution < 1.29 is 43.1 Å². The second-order valence-corrected chi connectivity index (χ2v) is 15.0. The van der Waals surface area contributed by atoms with Crippen molar-refractivity contribution in [1.29, 1.82) is 0 Å². The summed E-state index contributed by atoms with van der Waals surface area (Å²) in [6.45, 7) is -5.05. The molecular formula is C20H26N12O10P2S. The highest BCUT2D eigenvalue weighted by Crippen LogP contribution is 2.47. The van der Waals surface area contributed by atoms with Crippen molar-refractivity contribution >= 4 is 60.3 Å². The van der Waals surface area contributed by atoms with Crippen LogP contribution in [-0.2, 0) is 34.9 Å². The van der Waals surface area contributed by atoms with Crippen molar-refractivity contribution in [2.24, 2.45) is 0 Å². The van der Waals surface area contributed by atoms with E-state index < -0.39 is 82.1 Å². The summed E-state index contributed by atoms with van der Waals surface area (Å²) in [5, 5.41) is 27.6. The number of H-pyrrole nitrogens is 1. The quantitative estimate of drug-likeness (QED) is 0.0943. The number of aliphatic hydroxyl groups excluding tert-OH is 2. The van der Waals surface area contributed by atoms with Gasteiger partial charge in [-0.15, -0.1) is 0 Å². The van der Waals surface area contributed by atoms with E-state index >= 15 is 0 Å². The van der Waals surface area contributed by atoms with Gasteiger partial charge in [-0.25, -0.2) is 34.7 Å². The average Bonchev–Trinajstić information content (AvgIpc) is 3.72. The predicted octanol–water partition coefficient (Wildman–Crippen LogP) is -3.08. The zero-order chi connectivity index (χ0) is 31.8. The van der Waals surface area contributed by atoms with E-state index in [4.69, 9.17) is 41.8 Å². The minimum absolute atomic E-state index is 0.0129. The maximum Gasteiger partial charge on any atom is 0.403 e. The Bertz CT molecular complexity index is 1940. The van der Waals surface area contributed by atoms with Crippen LogP contribution in [0.2, 0.25) is 0 Å². The van der Waals surface area contributed by atoms with E-state index in [0.717, 1.165) is 0 Å². The minimum atomic E-state index is -4.72. The van der Waals surface area contributed by atoms with E-state index in [1.807, 2.05) is 0 Å². The number of nitrogens with one attached hydrogen (secondary N) is 3. The van der Waals surface area contributed by atoms with E-state index in [-0.39, 0.29) is 34.1 Å². The van der Waals surface area contributed by atoms with Crippen molar-refractivity contribution in [1.82, 2.24) is 49.2 Å². The Morgan fingerprint density at radius 3 is 2.18 bits per heavy atom. The monoisotopic (exact) mass is 688 g/mol. The summed E-state index contributed by atoms with van der Waals surface area (Å²) in [6.07, 6.45) is -4.16. The van der Waals surface area contributed by atoms with Crippen LogP contribution in [0, 0.1) is 0 Å². The number of imidazole rings is 2. The van der Waals surface area contributed by atoms with Crippen LogP contribution < -0.4 is 27.2 Å². The van der Waals surface area contributed by atoms with Crippen LogP contribution in [0.15, 0.2) is 23.8 Å². The molecular weight excluding hydrogens is 662 g/mol. The topological polar surface area (TPSA) is 318 Å². The van der Waals surface area contributed by atoms with Crippen molar-refractivity contribution in [3.63, 3.8) is 0 Å². The van der Waals surface area contributed by atoms with Crippen molar-refractivity contribution in [3.8, 4) is 0 Å². The maximum atomic E-state index is 13.2. The summed E-state index contributed by atoms with van der Waals surface area (Å²) in [5.74, 6) is -0.121. The molecule has 0 amide bonds. The molecule has 0 radical (unpaired) electrons. The number of rotatable bonds is 2. The zero-order valence-corrected chi connectivity index (χ0v) is 25.2. The Labute approximate surface area is 255 Å². The first kappa shape index (κ1) is 30.6. The molecule has 3 aliphatic rings. The molecule has 45 heavy (non-hydrogen) atoms. The lowest BCUT2D eigenvalue weighted by Crippen LogP contribution is -2.47. The second-order valence-electron chi connectivity index (χ2n) is 10.4. The molecule has 3 saturated heterocycles. The van der Waals surface area contributed by atoms with Gasteiger partial charge < -0.3 is 45.5 Å². The fourth-order valence-electron chi connectivity index (χ4n) is 5.53. The molecule has 3 aliphatic heterocycles. The molecule has 3 fully saturated rings. The van der Waals surface area contributed by atoms with E-state index in [1.54, 1.807) is 0 Å². The molecule has 11 N–H and O–H groups in total. The second kappa shape index (κ2) is 11.1. The Morgan fingerprint density at radius 2 is 1.49 bits per heavy atom. The molecule has 0 bridgehead atoms. The van der Waals surface area contributed by atoms with Crippen LogP contribution in [0.3, 0.4) is 0 Å². The fourth-order valence-corrected chi connectivity index (χ4v) is 8.32. The van der Waals surface area contributed by atoms with Crippen LogP contribution in [0.25, 0.3) is 22.3 Å². The van der Waals surface area contributed by atoms with Gasteiger partial charge in [-0.05, 0) is 11.8 Å². The first-order valence-electron chi connectivity index (χ1n) is 13.1. The van der Waals surface area contributed by atoms with Crippen LogP contribution in [0.4, 0.5) is 11.8 Å². The maximum absolute atomic E-state index is 13.2. The number of anilines is 2. The van der Waals surface area contributed by atoms with Crippen molar-refractivity contribution in [3.05, 3.63) is 29.3 Å². The molecule has 22 nitrogen and oxygen atoms in total. The highest BCUT2D eigenvalue weighted by atomic mass is 32.5. The van der Waals surface area contributed by atoms with Gasteiger partial charge in [0.15, 0.2) is 35.1 Å². The number of aromatic amines is 1. The number of ether oxygens (including phenoxy) is 2. The molecule has 10 atom stereocenters. The first-order valence-corrected chi connectivity index (χ1v) is 17.4. The normalized spacial score (nSPS) is 37.7. The number of nitrogen functional groups attached to an aromatic ring is 2. The Hall–Kier alpha value is -3.02. The van der Waals surface area contributed by atoms with Crippen LogP contribution in [0.5, 0.6) is 0 Å². The lowest BCUT2D eigenvalue weighted by Gasteiger charge is -2.30. The van der Waals surface area contributed by atoms with E-state index in [2.05, 4.69) is 40.1 Å². The Balaban J connectivity index is 1.17. The number of nitrogens with two attached hydrogens (primary N) is 2. The van der Waals surface area contributed by atoms with E-state index in [9.17, 15) is 29.4 Å². The molecule has 4 unspecified atom stereocenters. The van der Waals surface area contributed by atoms with Gasteiger partial charge in [-0.2, -0.15) is 4.98 Å². The van der Waals surface area contributed by atoms with Gasteiger partial charge in [0.25, 0.3) is 12.2 Å². The third-order valence-corrected chi connectivity index (χ3v) is 10.5. The van der Waals surface area contributed by atoms with Crippen LogP contribution >= 0.6 is 14.4 Å². The molecule has 25 heteroatoms. The van der Waals surface area contributed by atoms with Crippen LogP contribution in [0.1, 0.15) is 12.5 Å². The van der Waals surface area contributed by atoms with Gasteiger partial charge >= 0.3 is 7.75 Å². The highest BCUT2D eigenvalue weighted by Gasteiger charge is 2.51. The fraction of sp³-hybridized carbons (Fsp3) is 0.500. The number of fused-ring (bicyclic) bond motifs is 4. The van der Waals surface area contributed by atoms with Gasteiger partial charge in [0.1, 0.15) is 36.3 Å². The highest BCUT2D eigenvalue weighted by molar-refractivity contribution is 8.08. The Morgan fingerprint density at radius 1 is 0.889 bits per heavy atom. The summed E-state index contributed by atoms with van der Waals surface area (Å²) < 4.78 is 38.8. The van der Waals surface area contributed by atoms with Crippen LogP contribution in [-0.4, -0.2) is 109 Å². The molecule has 4 aromatic heterocycles. The summed E-state index contributed by atoms with van der Waals surface area (Å²) in [4.78, 5) is 56.7. The molecule has 0 saturated carbocycles. The van der Waals surface area contributed by atoms with Gasteiger partial charge in [-0.3, -0.25) is 23.4 Å². The number of aliphatic hydroxyl groups is 2. The third-order valence-electron chi connectivity index (χ3n) is 7.59. The standard InChI is InChI=1S/C20H26N12O10P2S/c21-14-10-15(24-3-23-14)31(4-25-10)18-12(33)8-7(42-18)2-40-44(38,45)30-9-6(1-39-43(36,37)29-8)41-19(13(9)34)32-5-26-11-16(32)27-20(22)28-17(11)35/h3-9,12-13,18-19,33-34H,1-2H2,(H2,21,23,24)(H2,29,36,37)(H2,30,38,45)(H3,22,27,28,35)/t6-,7-,8+,9+,12?,13?,18-,19-,44?/m1/s1. The molecule has 7 heterocycles. The molecule has 0 aromatic carbocycles. The smallest absolute Gasteiger partial charge is 0.387 e. The lowest BCUT2D eigenvalue weighted by atomic mass is 10.1. The van der Waals surface area contributed by atoms with E-state index in [1.165, 1.54) is 28.1 Å². The molecule has 0 spiro atoms. The summed E-state index contributed by atoms with van der Waals surface area (Å²) >= 11 is 5.32. The first-order chi connectivity index (χ1) is 21.3. The minimum Gasteiger partial charge on any atom is -0.387 e.